The van der Waals surface area contributed by atoms with Gasteiger partial charge < -0.3 is 10.1 Å². The van der Waals surface area contributed by atoms with Crippen molar-refractivity contribution in [2.24, 2.45) is 0 Å². The number of piperidine rings is 1. The summed E-state index contributed by atoms with van der Waals surface area (Å²) in [6.45, 7) is 11.2. The maximum absolute atomic E-state index is 13.0. The number of carbonyl (C=O) groups excluding carboxylic acids is 1. The first kappa shape index (κ1) is 17.2. The van der Waals surface area contributed by atoms with Crippen molar-refractivity contribution in [3.05, 3.63) is 0 Å². The molecule has 5 heteroatoms. The average Bonchev–Trinajstić information content (AvgIpc) is 2.65. The number of amides is 1. The third kappa shape index (κ3) is 2.81. The lowest BCUT2D eigenvalue weighted by Crippen LogP contribution is -2.67. The van der Waals surface area contributed by atoms with Gasteiger partial charge in [0.2, 0.25) is 0 Å². The molecule has 2 saturated heterocycles. The van der Waals surface area contributed by atoms with E-state index in [1.54, 1.807) is 0 Å². The van der Waals surface area contributed by atoms with E-state index in [9.17, 15) is 4.79 Å². The Hall–Kier alpha value is -0.650. The second-order valence-electron chi connectivity index (χ2n) is 8.80. The third-order valence-electron chi connectivity index (χ3n) is 5.60. The van der Waals surface area contributed by atoms with Gasteiger partial charge in [-0.25, -0.2) is 0 Å². The van der Waals surface area contributed by atoms with Crippen LogP contribution >= 0.6 is 0 Å². The van der Waals surface area contributed by atoms with Crippen molar-refractivity contribution in [3.8, 4) is 0 Å². The predicted molar refractivity (Wildman–Crippen MR) is 88.6 cm³/mol. The first-order valence-electron chi connectivity index (χ1n) is 9.11. The van der Waals surface area contributed by atoms with Crippen LogP contribution < -0.4 is 5.32 Å². The Morgan fingerprint density at radius 3 is 2.17 bits per heavy atom. The maximum Gasteiger partial charge on any atom is 0.254 e. The second kappa shape index (κ2) is 5.43. The molecule has 5 nitrogen and oxygen atoms in total. The van der Waals surface area contributed by atoms with E-state index >= 15 is 0 Å². The molecule has 2 aliphatic heterocycles. The van der Waals surface area contributed by atoms with Crippen molar-refractivity contribution < 1.29 is 14.4 Å². The predicted octanol–water partition coefficient (Wildman–Crippen LogP) is 3.14. The number of hydroxylamine groups is 2. The van der Waals surface area contributed by atoms with E-state index in [1.807, 2.05) is 6.92 Å². The molecule has 1 aliphatic carbocycles. The molecular weight excluding hydrogens is 292 g/mol. The van der Waals surface area contributed by atoms with Gasteiger partial charge >= 0.3 is 0 Å². The first-order chi connectivity index (χ1) is 10.6. The van der Waals surface area contributed by atoms with E-state index in [4.69, 9.17) is 9.57 Å². The van der Waals surface area contributed by atoms with Gasteiger partial charge in [0, 0.05) is 23.9 Å². The van der Waals surface area contributed by atoms with Crippen LogP contribution in [0.3, 0.4) is 0 Å². The topological polar surface area (TPSA) is 50.8 Å². The molecule has 0 atom stereocenters. The highest BCUT2D eigenvalue weighted by atomic mass is 16.7. The molecule has 3 aliphatic rings. The summed E-state index contributed by atoms with van der Waals surface area (Å²) in [6.07, 6.45) is 6.71. The highest BCUT2D eigenvalue weighted by molar-refractivity contribution is 5.88. The number of rotatable bonds is 2. The summed E-state index contributed by atoms with van der Waals surface area (Å²) in [5.41, 5.74) is -1.65. The van der Waals surface area contributed by atoms with Crippen LogP contribution in [0.25, 0.3) is 0 Å². The molecule has 0 aromatic rings. The molecule has 3 rings (SSSR count). The molecule has 2 spiro atoms. The van der Waals surface area contributed by atoms with Gasteiger partial charge in [-0.15, -0.1) is 0 Å². The molecule has 0 bridgehead atoms. The minimum atomic E-state index is -0.724. The Balaban J connectivity index is 1.90. The fraction of sp³-hybridized carbons (Fsp3) is 0.944. The summed E-state index contributed by atoms with van der Waals surface area (Å²) in [6, 6.07) is 0. The van der Waals surface area contributed by atoms with Crippen LogP contribution in [0, 0.1) is 0 Å². The molecular formula is C18H32N2O3. The molecule has 3 fully saturated rings. The van der Waals surface area contributed by atoms with Crippen LogP contribution in [-0.2, 0) is 14.4 Å². The zero-order chi connectivity index (χ0) is 16.9. The van der Waals surface area contributed by atoms with Gasteiger partial charge in [0.1, 0.15) is 5.72 Å². The lowest BCUT2D eigenvalue weighted by atomic mass is 9.72. The number of ether oxygens (including phenoxy) is 1. The van der Waals surface area contributed by atoms with Crippen molar-refractivity contribution in [2.75, 3.05) is 6.61 Å². The summed E-state index contributed by atoms with van der Waals surface area (Å²) in [7, 11) is 0. The summed E-state index contributed by atoms with van der Waals surface area (Å²) in [5, 5.41) is 5.31. The maximum atomic E-state index is 13.0. The normalized spacial score (nSPS) is 31.4. The highest BCUT2D eigenvalue weighted by Gasteiger charge is 2.63. The van der Waals surface area contributed by atoms with Crippen molar-refractivity contribution in [2.45, 2.75) is 102 Å². The molecule has 0 radical (unpaired) electrons. The standard InChI is InChI=1S/C18H32N2O3/c1-6-22-20-15(2,3)12-17(13-16(20,4)5)14(21)19-18(23-17)10-8-7-9-11-18/h6-13H2,1-5H3,(H,19,21). The van der Waals surface area contributed by atoms with Gasteiger partial charge in [0.15, 0.2) is 5.60 Å². The summed E-state index contributed by atoms with van der Waals surface area (Å²) in [5.74, 6) is 0.0803. The van der Waals surface area contributed by atoms with Gasteiger partial charge in [0.25, 0.3) is 5.91 Å². The van der Waals surface area contributed by atoms with Crippen LogP contribution in [0.5, 0.6) is 0 Å². The molecule has 23 heavy (non-hydrogen) atoms. The molecule has 132 valence electrons. The van der Waals surface area contributed by atoms with E-state index in [2.05, 4.69) is 38.1 Å². The monoisotopic (exact) mass is 324 g/mol. The average molecular weight is 324 g/mol. The quantitative estimate of drug-likeness (QED) is 0.848. The molecule has 2 heterocycles. The fourth-order valence-corrected chi connectivity index (χ4v) is 5.25. The second-order valence-corrected chi connectivity index (χ2v) is 8.80. The van der Waals surface area contributed by atoms with E-state index < -0.39 is 11.3 Å². The number of nitrogens with one attached hydrogen (secondary N) is 1. The number of hydrogen-bond acceptors (Lipinski definition) is 4. The van der Waals surface area contributed by atoms with Crippen molar-refractivity contribution in [3.63, 3.8) is 0 Å². The van der Waals surface area contributed by atoms with E-state index in [0.717, 1.165) is 25.7 Å². The van der Waals surface area contributed by atoms with Gasteiger partial charge in [-0.2, -0.15) is 5.06 Å². The lowest BCUT2D eigenvalue weighted by Gasteiger charge is -2.56. The zero-order valence-electron chi connectivity index (χ0n) is 15.3. The van der Waals surface area contributed by atoms with Crippen molar-refractivity contribution in [1.29, 1.82) is 0 Å². The Bertz CT molecular complexity index is 463. The summed E-state index contributed by atoms with van der Waals surface area (Å²) < 4.78 is 6.59. The van der Waals surface area contributed by atoms with Crippen LogP contribution in [0.15, 0.2) is 0 Å². The molecule has 1 amide bonds. The molecule has 0 unspecified atom stereocenters. The summed E-state index contributed by atoms with van der Waals surface area (Å²) in [4.78, 5) is 18.9. The zero-order valence-corrected chi connectivity index (χ0v) is 15.3. The lowest BCUT2D eigenvalue weighted by molar-refractivity contribution is -0.307. The van der Waals surface area contributed by atoms with Crippen LogP contribution in [0.4, 0.5) is 0 Å². The van der Waals surface area contributed by atoms with E-state index in [1.165, 1.54) is 6.42 Å². The minimum Gasteiger partial charge on any atom is -0.339 e. The minimum absolute atomic E-state index is 0.0803. The van der Waals surface area contributed by atoms with Crippen molar-refractivity contribution >= 4 is 5.91 Å². The number of hydrogen-bond donors (Lipinski definition) is 1. The fourth-order valence-electron chi connectivity index (χ4n) is 5.25. The number of nitrogens with zero attached hydrogens (tertiary/aromatic N) is 1. The van der Waals surface area contributed by atoms with E-state index in [0.29, 0.717) is 19.4 Å². The van der Waals surface area contributed by atoms with Gasteiger partial charge in [-0.1, -0.05) is 6.42 Å². The third-order valence-corrected chi connectivity index (χ3v) is 5.60. The largest absolute Gasteiger partial charge is 0.339 e. The SMILES string of the molecule is CCON1C(C)(C)CC2(CC1(C)C)OC1(CCCCC1)NC2=O. The van der Waals surface area contributed by atoms with Crippen LogP contribution in [0.2, 0.25) is 0 Å². The molecule has 1 N–H and O–H groups in total. The summed E-state index contributed by atoms with van der Waals surface area (Å²) >= 11 is 0. The molecule has 0 aromatic heterocycles. The van der Waals surface area contributed by atoms with Crippen LogP contribution in [-0.4, -0.2) is 40.0 Å². The molecule has 1 saturated carbocycles. The Kier molecular flexibility index (Phi) is 4.06. The van der Waals surface area contributed by atoms with Gasteiger partial charge in [-0.3, -0.25) is 9.63 Å². The highest BCUT2D eigenvalue weighted by Crippen LogP contribution is 2.51. The first-order valence-corrected chi connectivity index (χ1v) is 9.11. The Morgan fingerprint density at radius 1 is 1.09 bits per heavy atom. The van der Waals surface area contributed by atoms with E-state index in [-0.39, 0.29) is 17.0 Å². The smallest absolute Gasteiger partial charge is 0.254 e. The van der Waals surface area contributed by atoms with Gasteiger partial charge in [0.05, 0.1) is 6.61 Å². The Labute approximate surface area is 140 Å². The van der Waals surface area contributed by atoms with Crippen LogP contribution in [0.1, 0.15) is 79.6 Å². The number of carbonyl (C=O) groups is 1. The van der Waals surface area contributed by atoms with Crippen molar-refractivity contribution in [1.82, 2.24) is 10.4 Å². The Morgan fingerprint density at radius 2 is 1.65 bits per heavy atom. The van der Waals surface area contributed by atoms with Gasteiger partial charge in [-0.05, 0) is 60.3 Å². The molecule has 0 aromatic carbocycles.